The monoisotopic (exact) mass is 407 g/mol. The molecule has 1 aromatic heterocycles. The minimum absolute atomic E-state index is 0.0348. The van der Waals surface area contributed by atoms with E-state index in [9.17, 15) is 4.79 Å². The summed E-state index contributed by atoms with van der Waals surface area (Å²) in [4.78, 5) is 12.6. The Morgan fingerprint density at radius 2 is 1.76 bits per heavy atom. The molecule has 25 heavy (non-hydrogen) atoms. The SMILES string of the molecule is COc1c(Br)cc(C(C)(C)C)cc1-c1cccn1C(=O)OC(C)(C)C. The van der Waals surface area contributed by atoms with Crippen molar-refractivity contribution >= 4 is 22.0 Å². The Morgan fingerprint density at radius 3 is 2.28 bits per heavy atom. The molecule has 0 N–H and O–H groups in total. The minimum atomic E-state index is -0.559. The van der Waals surface area contributed by atoms with Crippen LogP contribution in [0.1, 0.15) is 47.1 Å². The number of hydrogen-bond acceptors (Lipinski definition) is 3. The Kier molecular flexibility index (Phi) is 5.38. The molecule has 0 amide bonds. The first-order valence-corrected chi connectivity index (χ1v) is 9.02. The molecule has 2 rings (SSSR count). The smallest absolute Gasteiger partial charge is 0.418 e. The number of nitrogens with zero attached hydrogens (tertiary/aromatic N) is 1. The zero-order chi connectivity index (χ0) is 19.0. The molecule has 5 heteroatoms. The van der Waals surface area contributed by atoms with E-state index < -0.39 is 11.7 Å². The number of halogens is 1. The Bertz CT molecular complexity index is 779. The third-order valence-corrected chi connectivity index (χ3v) is 4.32. The molecule has 136 valence electrons. The van der Waals surface area contributed by atoms with Crippen molar-refractivity contribution in [2.75, 3.05) is 7.11 Å². The molecule has 2 aromatic rings. The average molecular weight is 408 g/mol. The summed E-state index contributed by atoms with van der Waals surface area (Å²) >= 11 is 3.60. The molecule has 0 saturated carbocycles. The van der Waals surface area contributed by atoms with Gasteiger partial charge in [0.2, 0.25) is 0 Å². The van der Waals surface area contributed by atoms with Gasteiger partial charge in [-0.3, -0.25) is 4.57 Å². The lowest BCUT2D eigenvalue weighted by molar-refractivity contribution is 0.0540. The predicted octanol–water partition coefficient (Wildman–Crippen LogP) is 6.01. The highest BCUT2D eigenvalue weighted by Crippen LogP contribution is 2.40. The number of benzene rings is 1. The number of rotatable bonds is 2. The molecular formula is C20H26BrNO3. The lowest BCUT2D eigenvalue weighted by Gasteiger charge is -2.23. The molecular weight excluding hydrogens is 382 g/mol. The summed E-state index contributed by atoms with van der Waals surface area (Å²) in [6.45, 7) is 12.0. The van der Waals surface area contributed by atoms with Crippen molar-refractivity contribution < 1.29 is 14.3 Å². The second kappa shape index (κ2) is 6.87. The summed E-state index contributed by atoms with van der Waals surface area (Å²) in [5.41, 5.74) is 2.13. The van der Waals surface area contributed by atoms with Crippen LogP contribution in [0.2, 0.25) is 0 Å². The van der Waals surface area contributed by atoms with Gasteiger partial charge in [-0.05, 0) is 71.9 Å². The van der Waals surface area contributed by atoms with E-state index in [1.165, 1.54) is 4.57 Å². The van der Waals surface area contributed by atoms with E-state index in [0.717, 1.165) is 21.3 Å². The molecule has 4 nitrogen and oxygen atoms in total. The van der Waals surface area contributed by atoms with Gasteiger partial charge in [-0.15, -0.1) is 0 Å². The summed E-state index contributed by atoms with van der Waals surface area (Å²) < 4.78 is 13.5. The largest absolute Gasteiger partial charge is 0.495 e. The van der Waals surface area contributed by atoms with E-state index in [4.69, 9.17) is 9.47 Å². The zero-order valence-electron chi connectivity index (χ0n) is 15.9. The highest BCUT2D eigenvalue weighted by atomic mass is 79.9. The Balaban J connectivity index is 2.61. The van der Waals surface area contributed by atoms with Gasteiger partial charge in [0, 0.05) is 11.8 Å². The lowest BCUT2D eigenvalue weighted by atomic mass is 9.85. The quantitative estimate of drug-likeness (QED) is 0.611. The van der Waals surface area contributed by atoms with Gasteiger partial charge in [0.05, 0.1) is 17.3 Å². The Hall–Kier alpha value is -1.75. The molecule has 0 saturated heterocycles. The maximum absolute atomic E-state index is 12.6. The fraction of sp³-hybridized carbons (Fsp3) is 0.450. The van der Waals surface area contributed by atoms with Crippen molar-refractivity contribution in [3.63, 3.8) is 0 Å². The number of methoxy groups -OCH3 is 1. The number of aromatic nitrogens is 1. The highest BCUT2D eigenvalue weighted by molar-refractivity contribution is 9.10. The van der Waals surface area contributed by atoms with Crippen LogP contribution in [-0.2, 0) is 10.2 Å². The van der Waals surface area contributed by atoms with Crippen molar-refractivity contribution in [3.05, 3.63) is 40.5 Å². The van der Waals surface area contributed by atoms with Crippen LogP contribution in [0.3, 0.4) is 0 Å². The van der Waals surface area contributed by atoms with Crippen molar-refractivity contribution in [1.29, 1.82) is 0 Å². The molecule has 1 aromatic carbocycles. The van der Waals surface area contributed by atoms with Crippen LogP contribution in [-0.4, -0.2) is 23.4 Å². The summed E-state index contributed by atoms with van der Waals surface area (Å²) in [5, 5.41) is 0. The fourth-order valence-electron chi connectivity index (χ4n) is 2.49. The van der Waals surface area contributed by atoms with E-state index >= 15 is 0 Å². The van der Waals surface area contributed by atoms with Crippen LogP contribution in [0.4, 0.5) is 4.79 Å². The second-order valence-electron chi connectivity index (χ2n) is 8.03. The van der Waals surface area contributed by atoms with E-state index in [2.05, 4.69) is 48.8 Å². The van der Waals surface area contributed by atoms with Crippen molar-refractivity contribution in [3.8, 4) is 17.0 Å². The fourth-order valence-corrected chi connectivity index (χ4v) is 3.12. The van der Waals surface area contributed by atoms with Gasteiger partial charge in [0.25, 0.3) is 0 Å². The zero-order valence-corrected chi connectivity index (χ0v) is 17.5. The summed E-state index contributed by atoms with van der Waals surface area (Å²) in [5.74, 6) is 0.691. The molecule has 0 fully saturated rings. The first kappa shape index (κ1) is 19.6. The number of ether oxygens (including phenoxy) is 2. The average Bonchev–Trinajstić information content (AvgIpc) is 2.92. The van der Waals surface area contributed by atoms with Crippen LogP contribution >= 0.6 is 15.9 Å². The predicted molar refractivity (Wildman–Crippen MR) is 104 cm³/mol. The van der Waals surface area contributed by atoms with Crippen LogP contribution in [0.5, 0.6) is 5.75 Å². The molecule has 0 bridgehead atoms. The van der Waals surface area contributed by atoms with E-state index in [-0.39, 0.29) is 5.41 Å². The van der Waals surface area contributed by atoms with Gasteiger partial charge in [-0.25, -0.2) is 4.79 Å². The number of hydrogen-bond donors (Lipinski definition) is 0. The maximum atomic E-state index is 12.6. The second-order valence-corrected chi connectivity index (χ2v) is 8.89. The van der Waals surface area contributed by atoms with Crippen molar-refractivity contribution in [2.24, 2.45) is 0 Å². The van der Waals surface area contributed by atoms with Gasteiger partial charge in [-0.2, -0.15) is 0 Å². The van der Waals surface area contributed by atoms with Gasteiger partial charge in [0.15, 0.2) is 0 Å². The third kappa shape index (κ3) is 4.46. The van der Waals surface area contributed by atoms with Crippen molar-refractivity contribution in [1.82, 2.24) is 4.57 Å². The van der Waals surface area contributed by atoms with Gasteiger partial charge in [0.1, 0.15) is 11.4 Å². The normalized spacial score (nSPS) is 12.2. The molecule has 1 heterocycles. The van der Waals surface area contributed by atoms with Crippen LogP contribution in [0.25, 0.3) is 11.3 Å². The standard InChI is InChI=1S/C20H26BrNO3/c1-19(2,3)13-11-14(17(24-7)15(21)12-13)16-9-8-10-22(16)18(23)25-20(4,5)6/h8-12H,1-7H3. The molecule has 0 spiro atoms. The third-order valence-electron chi connectivity index (χ3n) is 3.73. The van der Waals surface area contributed by atoms with E-state index in [1.54, 1.807) is 13.3 Å². The van der Waals surface area contributed by atoms with Crippen LogP contribution in [0.15, 0.2) is 34.9 Å². The van der Waals surface area contributed by atoms with Crippen LogP contribution in [0, 0.1) is 0 Å². The first-order valence-electron chi connectivity index (χ1n) is 8.23. The van der Waals surface area contributed by atoms with Crippen LogP contribution < -0.4 is 4.74 Å². The van der Waals surface area contributed by atoms with Gasteiger partial charge < -0.3 is 9.47 Å². The molecule has 0 unspecified atom stereocenters. The van der Waals surface area contributed by atoms with E-state index in [0.29, 0.717) is 5.75 Å². The van der Waals surface area contributed by atoms with E-state index in [1.807, 2.05) is 32.9 Å². The molecule has 0 aliphatic heterocycles. The van der Waals surface area contributed by atoms with Crippen molar-refractivity contribution in [2.45, 2.75) is 52.6 Å². The highest BCUT2D eigenvalue weighted by Gasteiger charge is 2.24. The minimum Gasteiger partial charge on any atom is -0.495 e. The molecule has 0 radical (unpaired) electrons. The van der Waals surface area contributed by atoms with Gasteiger partial charge in [-0.1, -0.05) is 20.8 Å². The Morgan fingerprint density at radius 1 is 1.12 bits per heavy atom. The summed E-state index contributed by atoms with van der Waals surface area (Å²) in [6.07, 6.45) is 1.30. The van der Waals surface area contributed by atoms with Gasteiger partial charge >= 0.3 is 6.09 Å². The molecule has 0 aliphatic rings. The molecule has 0 aliphatic carbocycles. The molecule has 0 atom stereocenters. The summed E-state index contributed by atoms with van der Waals surface area (Å²) in [6, 6.07) is 7.85. The first-order chi connectivity index (χ1) is 11.4. The number of carbonyl (C=O) groups is 1. The lowest BCUT2D eigenvalue weighted by Crippen LogP contribution is -2.27. The topological polar surface area (TPSA) is 40.5 Å². The number of carbonyl (C=O) groups excluding carboxylic acids is 1. The Labute approximate surface area is 158 Å². The summed E-state index contributed by atoms with van der Waals surface area (Å²) in [7, 11) is 1.63. The maximum Gasteiger partial charge on any atom is 0.418 e.